The average molecular weight is 562 g/mol. The van der Waals surface area contributed by atoms with Crippen molar-refractivity contribution >= 4 is 23.6 Å². The van der Waals surface area contributed by atoms with Gasteiger partial charge in [0.1, 0.15) is 17.5 Å². The third-order valence-electron chi connectivity index (χ3n) is 8.31. The number of benzene rings is 4. The fourth-order valence-corrected chi connectivity index (χ4v) is 7.96. The number of hydrogen-bond donors (Lipinski definition) is 1. The van der Waals surface area contributed by atoms with Crippen LogP contribution >= 0.6 is 11.8 Å². The average Bonchev–Trinajstić information content (AvgIpc) is 3.26. The molecule has 2 amide bonds. The van der Waals surface area contributed by atoms with Crippen molar-refractivity contribution in [1.82, 2.24) is 15.1 Å². The quantitative estimate of drug-likeness (QED) is 0.223. The van der Waals surface area contributed by atoms with Gasteiger partial charge in [0.2, 0.25) is 11.8 Å². The minimum absolute atomic E-state index is 0.0268. The number of hydrogen-bond acceptors (Lipinski definition) is 4. The van der Waals surface area contributed by atoms with Gasteiger partial charge in [-0.25, -0.2) is 0 Å². The third kappa shape index (κ3) is 4.75. The fourth-order valence-electron chi connectivity index (χ4n) is 6.34. The van der Waals surface area contributed by atoms with Crippen LogP contribution in [0.5, 0.6) is 0 Å². The van der Waals surface area contributed by atoms with Crippen molar-refractivity contribution in [1.29, 1.82) is 0 Å². The van der Waals surface area contributed by atoms with Crippen molar-refractivity contribution in [2.45, 2.75) is 48.1 Å². The summed E-state index contributed by atoms with van der Waals surface area (Å²) < 4.78 is -0.437. The van der Waals surface area contributed by atoms with Crippen LogP contribution in [0.15, 0.2) is 121 Å². The topological polar surface area (TPSA) is 52.7 Å². The molecular formula is C35H35N3O2S. The van der Waals surface area contributed by atoms with Gasteiger partial charge in [-0.1, -0.05) is 121 Å². The summed E-state index contributed by atoms with van der Waals surface area (Å²) in [5.74, 6) is -0.0622. The summed E-state index contributed by atoms with van der Waals surface area (Å²) in [6.07, 6.45) is 0. The maximum Gasteiger partial charge on any atom is 0.246 e. The molecule has 2 saturated heterocycles. The van der Waals surface area contributed by atoms with Crippen LogP contribution in [0.4, 0.5) is 0 Å². The zero-order valence-corrected chi connectivity index (χ0v) is 24.4. The molecule has 0 aromatic heterocycles. The number of carbonyl (C=O) groups is 2. The lowest BCUT2D eigenvalue weighted by Gasteiger charge is -2.49. The van der Waals surface area contributed by atoms with Gasteiger partial charge in [0.25, 0.3) is 0 Å². The maximum absolute atomic E-state index is 14.1. The molecule has 2 heterocycles. The first-order chi connectivity index (χ1) is 19.8. The number of nitrogens with one attached hydrogen (secondary N) is 1. The highest BCUT2D eigenvalue weighted by Crippen LogP contribution is 2.52. The van der Waals surface area contributed by atoms with Gasteiger partial charge in [-0.05, 0) is 36.1 Å². The molecule has 4 aromatic carbocycles. The summed E-state index contributed by atoms with van der Waals surface area (Å²) in [6, 6.07) is 39.9. The molecule has 0 saturated carbocycles. The standard InChI is InChI=1S/C35H35N3O2S/c1-34(2)30(32(40)37(3)24-25-16-8-4-9-17-25)38-31(39)29(33(38)41-34)36-35(26-18-10-5-11-19-26,27-20-12-6-13-21-27)28-22-14-7-15-23-28/h4-23,29-30,33,36H,24H2,1-3H3. The lowest BCUT2D eigenvalue weighted by atomic mass is 9.76. The number of thioether (sulfide) groups is 1. The van der Waals surface area contributed by atoms with E-state index in [1.54, 1.807) is 16.7 Å². The largest absolute Gasteiger partial charge is 0.340 e. The Kier molecular flexibility index (Phi) is 7.22. The van der Waals surface area contributed by atoms with Crippen LogP contribution in [-0.4, -0.2) is 50.9 Å². The number of nitrogens with zero attached hydrogens (tertiary/aromatic N) is 2. The molecule has 4 aromatic rings. The Bertz CT molecular complexity index is 1420. The van der Waals surface area contributed by atoms with Crippen LogP contribution < -0.4 is 5.32 Å². The lowest BCUT2D eigenvalue weighted by molar-refractivity contribution is -0.157. The Balaban J connectivity index is 1.35. The Hall–Kier alpha value is -3.87. The molecule has 3 atom stereocenters. The second kappa shape index (κ2) is 10.8. The summed E-state index contributed by atoms with van der Waals surface area (Å²) in [7, 11) is 1.83. The molecular weight excluding hydrogens is 526 g/mol. The van der Waals surface area contributed by atoms with Crippen molar-refractivity contribution in [2.24, 2.45) is 0 Å². The molecule has 0 spiro atoms. The van der Waals surface area contributed by atoms with Crippen LogP contribution in [0.1, 0.15) is 36.1 Å². The molecule has 1 N–H and O–H groups in total. The highest BCUT2D eigenvalue weighted by Gasteiger charge is 2.65. The summed E-state index contributed by atoms with van der Waals surface area (Å²) >= 11 is 1.71. The maximum atomic E-state index is 14.1. The number of rotatable bonds is 8. The molecule has 0 bridgehead atoms. The Morgan fingerprint density at radius 2 is 1.24 bits per heavy atom. The van der Waals surface area contributed by atoms with E-state index in [4.69, 9.17) is 0 Å². The minimum Gasteiger partial charge on any atom is -0.340 e. The summed E-state index contributed by atoms with van der Waals surface area (Å²) in [4.78, 5) is 31.5. The molecule has 0 radical (unpaired) electrons. The summed E-state index contributed by atoms with van der Waals surface area (Å²) in [6.45, 7) is 4.67. The van der Waals surface area contributed by atoms with Crippen molar-refractivity contribution in [3.8, 4) is 0 Å². The van der Waals surface area contributed by atoms with E-state index >= 15 is 0 Å². The monoisotopic (exact) mass is 561 g/mol. The Labute approximate surface area is 246 Å². The first-order valence-corrected chi connectivity index (χ1v) is 14.9. The van der Waals surface area contributed by atoms with E-state index in [2.05, 4.69) is 55.6 Å². The second-order valence-corrected chi connectivity index (χ2v) is 13.2. The number of β-lactam (4-membered cyclic amide) rings is 1. The predicted molar refractivity (Wildman–Crippen MR) is 165 cm³/mol. The molecule has 2 aliphatic rings. The summed E-state index contributed by atoms with van der Waals surface area (Å²) in [5.41, 5.74) is 3.48. The van der Waals surface area contributed by atoms with Gasteiger partial charge in [-0.2, -0.15) is 0 Å². The normalized spacial score (nSPS) is 21.2. The molecule has 6 rings (SSSR count). The summed E-state index contributed by atoms with van der Waals surface area (Å²) in [5, 5.41) is 3.71. The second-order valence-electron chi connectivity index (χ2n) is 11.4. The highest BCUT2D eigenvalue weighted by atomic mass is 32.2. The van der Waals surface area contributed by atoms with Gasteiger partial charge in [-0.15, -0.1) is 11.8 Å². The third-order valence-corrected chi connectivity index (χ3v) is 9.88. The van der Waals surface area contributed by atoms with E-state index < -0.39 is 22.4 Å². The molecule has 0 aliphatic carbocycles. The van der Waals surface area contributed by atoms with E-state index in [1.807, 2.05) is 96.9 Å². The van der Waals surface area contributed by atoms with Crippen molar-refractivity contribution in [3.05, 3.63) is 144 Å². The van der Waals surface area contributed by atoms with Gasteiger partial charge in [-0.3, -0.25) is 14.9 Å². The van der Waals surface area contributed by atoms with Crippen molar-refractivity contribution < 1.29 is 9.59 Å². The van der Waals surface area contributed by atoms with Crippen LogP contribution in [-0.2, 0) is 21.7 Å². The molecule has 3 unspecified atom stereocenters. The molecule has 2 aliphatic heterocycles. The number of fused-ring (bicyclic) bond motifs is 1. The van der Waals surface area contributed by atoms with Crippen LogP contribution in [0, 0.1) is 0 Å². The van der Waals surface area contributed by atoms with Crippen LogP contribution in [0.25, 0.3) is 0 Å². The minimum atomic E-state index is -0.757. The highest BCUT2D eigenvalue weighted by molar-refractivity contribution is 8.01. The zero-order chi connectivity index (χ0) is 28.6. The number of amides is 2. The van der Waals surface area contributed by atoms with Crippen LogP contribution in [0.2, 0.25) is 0 Å². The van der Waals surface area contributed by atoms with Gasteiger partial charge in [0.15, 0.2) is 0 Å². The van der Waals surface area contributed by atoms with Gasteiger partial charge in [0, 0.05) is 18.3 Å². The van der Waals surface area contributed by atoms with E-state index in [9.17, 15) is 9.59 Å². The van der Waals surface area contributed by atoms with Gasteiger partial charge < -0.3 is 9.80 Å². The number of likely N-dealkylation sites (N-methyl/N-ethyl adjacent to an activating group) is 1. The van der Waals surface area contributed by atoms with Gasteiger partial charge >= 0.3 is 0 Å². The Morgan fingerprint density at radius 1 is 0.805 bits per heavy atom. The first-order valence-electron chi connectivity index (χ1n) is 14.1. The lowest BCUT2D eigenvalue weighted by Crippen LogP contribution is -2.73. The van der Waals surface area contributed by atoms with Crippen molar-refractivity contribution in [3.63, 3.8) is 0 Å². The first kappa shape index (κ1) is 27.3. The predicted octanol–water partition coefficient (Wildman–Crippen LogP) is 5.66. The van der Waals surface area contributed by atoms with Crippen molar-refractivity contribution in [2.75, 3.05) is 7.05 Å². The molecule has 41 heavy (non-hydrogen) atoms. The van der Waals surface area contributed by atoms with E-state index in [-0.39, 0.29) is 17.2 Å². The molecule has 6 heteroatoms. The molecule has 5 nitrogen and oxygen atoms in total. The Morgan fingerprint density at radius 3 is 1.71 bits per heavy atom. The molecule has 208 valence electrons. The van der Waals surface area contributed by atoms with Crippen LogP contribution in [0.3, 0.4) is 0 Å². The van der Waals surface area contributed by atoms with E-state index in [1.165, 1.54) is 0 Å². The molecule has 2 fully saturated rings. The fraction of sp³-hybridized carbons (Fsp3) is 0.257. The smallest absolute Gasteiger partial charge is 0.246 e. The number of carbonyl (C=O) groups excluding carboxylic acids is 2. The zero-order valence-electron chi connectivity index (χ0n) is 23.6. The van der Waals surface area contributed by atoms with E-state index in [0.29, 0.717) is 6.54 Å². The SMILES string of the molecule is CN(Cc1ccccc1)C(=O)C1N2C(=O)C(NC(c3ccccc3)(c3ccccc3)c3ccccc3)C2SC1(C)C. The van der Waals surface area contributed by atoms with E-state index in [0.717, 1.165) is 22.3 Å². The van der Waals surface area contributed by atoms with Gasteiger partial charge in [0.05, 0.1) is 5.54 Å².